The van der Waals surface area contributed by atoms with Crippen LogP contribution in [0.15, 0.2) is 34.7 Å². The number of hydrogen-bond donors (Lipinski definition) is 3. The molecular formula is C13H10FNO5. The van der Waals surface area contributed by atoms with Crippen LogP contribution in [-0.2, 0) is 6.54 Å². The third-order valence-corrected chi connectivity index (χ3v) is 2.50. The number of aromatic hydroxyl groups is 1. The lowest BCUT2D eigenvalue weighted by molar-refractivity contribution is 0.0660. The van der Waals surface area contributed by atoms with Gasteiger partial charge in [0.1, 0.15) is 17.3 Å². The maximum atomic E-state index is 12.8. The molecule has 2 rings (SSSR count). The van der Waals surface area contributed by atoms with Crippen LogP contribution in [0.3, 0.4) is 0 Å². The number of rotatable bonds is 4. The van der Waals surface area contributed by atoms with Crippen molar-refractivity contribution in [3.05, 3.63) is 53.2 Å². The molecule has 0 saturated heterocycles. The Kier molecular flexibility index (Phi) is 3.69. The van der Waals surface area contributed by atoms with E-state index in [9.17, 15) is 19.1 Å². The van der Waals surface area contributed by atoms with Crippen LogP contribution in [0.25, 0.3) is 0 Å². The minimum absolute atomic E-state index is 0.0526. The maximum absolute atomic E-state index is 12.8. The fourth-order valence-electron chi connectivity index (χ4n) is 1.55. The molecule has 7 heteroatoms. The topological polar surface area (TPSA) is 99.8 Å². The third-order valence-electron chi connectivity index (χ3n) is 2.50. The second-order valence-electron chi connectivity index (χ2n) is 3.92. The van der Waals surface area contributed by atoms with Gasteiger partial charge in [0.15, 0.2) is 0 Å². The molecule has 0 atom stereocenters. The molecule has 0 aliphatic rings. The van der Waals surface area contributed by atoms with E-state index in [1.807, 2.05) is 0 Å². The number of aromatic carboxylic acids is 1. The van der Waals surface area contributed by atoms with Gasteiger partial charge in [-0.15, -0.1) is 0 Å². The molecule has 1 amide bonds. The highest BCUT2D eigenvalue weighted by atomic mass is 19.1. The molecule has 0 aliphatic heterocycles. The van der Waals surface area contributed by atoms with Crippen molar-refractivity contribution < 1.29 is 28.6 Å². The Balaban J connectivity index is 2.02. The van der Waals surface area contributed by atoms with Crippen LogP contribution in [0, 0.1) is 5.82 Å². The highest BCUT2D eigenvalue weighted by molar-refractivity contribution is 5.96. The van der Waals surface area contributed by atoms with E-state index < -0.39 is 23.4 Å². The van der Waals surface area contributed by atoms with Crippen LogP contribution in [0.1, 0.15) is 26.7 Å². The van der Waals surface area contributed by atoms with Crippen molar-refractivity contribution in [2.24, 2.45) is 0 Å². The summed E-state index contributed by atoms with van der Waals surface area (Å²) in [5.41, 5.74) is -0.0867. The standard InChI is InChI=1S/C13H10FNO5/c14-7-1-3-9(10(16)5-7)12(17)15-6-8-2-4-11(20-8)13(18)19/h1-5,16H,6H2,(H,15,17)(H,18,19). The average Bonchev–Trinajstić information content (AvgIpc) is 2.85. The zero-order valence-corrected chi connectivity index (χ0v) is 10.1. The molecule has 104 valence electrons. The summed E-state index contributed by atoms with van der Waals surface area (Å²) < 4.78 is 17.7. The minimum Gasteiger partial charge on any atom is -0.507 e. The molecule has 0 unspecified atom stereocenters. The van der Waals surface area contributed by atoms with E-state index in [2.05, 4.69) is 5.32 Å². The van der Waals surface area contributed by atoms with Gasteiger partial charge in [-0.3, -0.25) is 4.79 Å². The fraction of sp³-hybridized carbons (Fsp3) is 0.0769. The van der Waals surface area contributed by atoms with Crippen molar-refractivity contribution in [3.63, 3.8) is 0 Å². The molecule has 1 aromatic heterocycles. The molecule has 3 N–H and O–H groups in total. The van der Waals surface area contributed by atoms with E-state index >= 15 is 0 Å². The van der Waals surface area contributed by atoms with E-state index in [1.165, 1.54) is 12.1 Å². The fourth-order valence-corrected chi connectivity index (χ4v) is 1.55. The number of hydrogen-bond acceptors (Lipinski definition) is 4. The number of phenols is 1. The summed E-state index contributed by atoms with van der Waals surface area (Å²) in [6, 6.07) is 5.69. The molecule has 6 nitrogen and oxygen atoms in total. The monoisotopic (exact) mass is 279 g/mol. The Morgan fingerprint density at radius 3 is 2.60 bits per heavy atom. The Hall–Kier alpha value is -2.83. The second kappa shape index (κ2) is 5.43. The largest absolute Gasteiger partial charge is 0.507 e. The van der Waals surface area contributed by atoms with Crippen molar-refractivity contribution >= 4 is 11.9 Å². The summed E-state index contributed by atoms with van der Waals surface area (Å²) in [4.78, 5) is 22.3. The van der Waals surface area contributed by atoms with E-state index in [4.69, 9.17) is 9.52 Å². The molecule has 0 aliphatic carbocycles. The van der Waals surface area contributed by atoms with Gasteiger partial charge in [0.2, 0.25) is 5.76 Å². The molecule has 0 spiro atoms. The number of carbonyl (C=O) groups excluding carboxylic acids is 1. The molecule has 0 saturated carbocycles. The van der Waals surface area contributed by atoms with Crippen molar-refractivity contribution in [3.8, 4) is 5.75 Å². The summed E-state index contributed by atoms with van der Waals surface area (Å²) in [5, 5.41) is 20.5. The van der Waals surface area contributed by atoms with Gasteiger partial charge in [0, 0.05) is 6.07 Å². The molecular weight excluding hydrogens is 269 g/mol. The minimum atomic E-state index is -1.21. The number of carbonyl (C=O) groups is 2. The van der Waals surface area contributed by atoms with Crippen molar-refractivity contribution in [1.82, 2.24) is 5.32 Å². The number of carboxylic acids is 1. The van der Waals surface area contributed by atoms with E-state index in [0.29, 0.717) is 0 Å². The summed E-state index contributed by atoms with van der Waals surface area (Å²) in [7, 11) is 0. The first-order valence-electron chi connectivity index (χ1n) is 5.56. The highest BCUT2D eigenvalue weighted by Crippen LogP contribution is 2.18. The van der Waals surface area contributed by atoms with E-state index in [1.54, 1.807) is 0 Å². The number of halogens is 1. The third kappa shape index (κ3) is 2.94. The predicted molar refractivity (Wildman–Crippen MR) is 64.9 cm³/mol. The normalized spacial score (nSPS) is 10.2. The molecule has 0 bridgehead atoms. The lowest BCUT2D eigenvalue weighted by Gasteiger charge is -2.05. The Morgan fingerprint density at radius 1 is 1.25 bits per heavy atom. The first kappa shape index (κ1) is 13.6. The van der Waals surface area contributed by atoms with Crippen LogP contribution in [0.4, 0.5) is 4.39 Å². The van der Waals surface area contributed by atoms with Gasteiger partial charge in [-0.25, -0.2) is 9.18 Å². The molecule has 20 heavy (non-hydrogen) atoms. The molecule has 1 heterocycles. The lowest BCUT2D eigenvalue weighted by Crippen LogP contribution is -2.22. The van der Waals surface area contributed by atoms with Gasteiger partial charge < -0.3 is 19.9 Å². The van der Waals surface area contributed by atoms with Crippen molar-refractivity contribution in [1.29, 1.82) is 0 Å². The lowest BCUT2D eigenvalue weighted by atomic mass is 10.2. The Bertz CT molecular complexity index is 665. The first-order valence-corrected chi connectivity index (χ1v) is 5.56. The van der Waals surface area contributed by atoms with Gasteiger partial charge in [-0.2, -0.15) is 0 Å². The number of furan rings is 1. The summed E-state index contributed by atoms with van der Waals surface area (Å²) in [5.74, 6) is -2.96. The smallest absolute Gasteiger partial charge is 0.371 e. The number of benzene rings is 1. The molecule has 0 fully saturated rings. The average molecular weight is 279 g/mol. The van der Waals surface area contributed by atoms with Gasteiger partial charge in [-0.05, 0) is 24.3 Å². The SMILES string of the molecule is O=C(O)c1ccc(CNC(=O)c2ccc(F)cc2O)o1. The van der Waals surface area contributed by atoms with Gasteiger partial charge in [0.05, 0.1) is 12.1 Å². The summed E-state index contributed by atoms with van der Waals surface area (Å²) in [6.07, 6.45) is 0. The number of nitrogens with one attached hydrogen (secondary N) is 1. The van der Waals surface area contributed by atoms with Gasteiger partial charge >= 0.3 is 5.97 Å². The number of phenolic OH excluding ortho intramolecular Hbond substituents is 1. The maximum Gasteiger partial charge on any atom is 0.371 e. The second-order valence-corrected chi connectivity index (χ2v) is 3.92. The first-order chi connectivity index (χ1) is 9.47. The number of amides is 1. The zero-order valence-electron chi connectivity index (χ0n) is 10.1. The van der Waals surface area contributed by atoms with Crippen LogP contribution in [-0.4, -0.2) is 22.1 Å². The Labute approximate surface area is 112 Å². The molecule has 0 radical (unpaired) electrons. The summed E-state index contributed by atoms with van der Waals surface area (Å²) in [6.45, 7) is -0.0526. The highest BCUT2D eigenvalue weighted by Gasteiger charge is 2.13. The van der Waals surface area contributed by atoms with Crippen molar-refractivity contribution in [2.45, 2.75) is 6.54 Å². The summed E-state index contributed by atoms with van der Waals surface area (Å²) >= 11 is 0. The number of carboxylic acid groups (broad SMARTS) is 1. The van der Waals surface area contributed by atoms with E-state index in [0.717, 1.165) is 18.2 Å². The van der Waals surface area contributed by atoms with Crippen LogP contribution >= 0.6 is 0 Å². The van der Waals surface area contributed by atoms with E-state index in [-0.39, 0.29) is 23.6 Å². The predicted octanol–water partition coefficient (Wildman–Crippen LogP) is 1.75. The quantitative estimate of drug-likeness (QED) is 0.791. The van der Waals surface area contributed by atoms with Crippen molar-refractivity contribution in [2.75, 3.05) is 0 Å². The molecule has 2 aromatic rings. The molecule has 1 aromatic carbocycles. The van der Waals surface area contributed by atoms with Crippen LogP contribution in [0.2, 0.25) is 0 Å². The van der Waals surface area contributed by atoms with Gasteiger partial charge in [0.25, 0.3) is 5.91 Å². The zero-order chi connectivity index (χ0) is 14.7. The Morgan fingerprint density at radius 2 is 2.00 bits per heavy atom. The van der Waals surface area contributed by atoms with Crippen LogP contribution in [0.5, 0.6) is 5.75 Å². The van der Waals surface area contributed by atoms with Crippen LogP contribution < -0.4 is 5.32 Å². The van der Waals surface area contributed by atoms with Gasteiger partial charge in [-0.1, -0.05) is 0 Å².